The van der Waals surface area contributed by atoms with Crippen molar-refractivity contribution in [2.45, 2.75) is 77.9 Å². The number of esters is 1. The standard InChI is InChI=1S/C23H39N3O6/c1-16(21(29)31-5)24-19(27)13-18-7-6-10-26(15-18)20(28)14-17-8-11-25(12-9-17)22(30)32-23(2,3)4/h16-18H,6-15H2,1-5H3,(H,24,27)/t16-,18?/m0/s1. The number of hydrogen-bond acceptors (Lipinski definition) is 6. The summed E-state index contributed by atoms with van der Waals surface area (Å²) >= 11 is 0. The van der Waals surface area contributed by atoms with Gasteiger partial charge in [0.05, 0.1) is 7.11 Å². The maximum Gasteiger partial charge on any atom is 0.410 e. The van der Waals surface area contributed by atoms with Crippen molar-refractivity contribution in [3.8, 4) is 0 Å². The maximum absolute atomic E-state index is 12.9. The molecular weight excluding hydrogens is 414 g/mol. The van der Waals surface area contributed by atoms with Crippen LogP contribution in [0, 0.1) is 11.8 Å². The monoisotopic (exact) mass is 453 g/mol. The zero-order valence-electron chi connectivity index (χ0n) is 20.1. The van der Waals surface area contributed by atoms with E-state index in [1.165, 1.54) is 7.11 Å². The highest BCUT2D eigenvalue weighted by atomic mass is 16.6. The molecule has 32 heavy (non-hydrogen) atoms. The molecule has 9 heteroatoms. The quantitative estimate of drug-likeness (QED) is 0.619. The molecule has 1 N–H and O–H groups in total. The van der Waals surface area contributed by atoms with Gasteiger partial charge in [0, 0.05) is 39.0 Å². The Labute approximate surface area is 191 Å². The molecule has 2 saturated heterocycles. The molecule has 3 amide bonds. The highest BCUT2D eigenvalue weighted by Gasteiger charge is 2.31. The molecule has 0 saturated carbocycles. The van der Waals surface area contributed by atoms with E-state index >= 15 is 0 Å². The van der Waals surface area contributed by atoms with Crippen molar-refractivity contribution in [1.29, 1.82) is 0 Å². The molecular formula is C23H39N3O6. The second-order valence-corrected chi connectivity index (χ2v) is 9.98. The van der Waals surface area contributed by atoms with E-state index in [4.69, 9.17) is 4.74 Å². The number of piperidine rings is 2. The zero-order chi connectivity index (χ0) is 23.9. The second-order valence-electron chi connectivity index (χ2n) is 9.98. The molecule has 2 fully saturated rings. The summed E-state index contributed by atoms with van der Waals surface area (Å²) < 4.78 is 10.1. The highest BCUT2D eigenvalue weighted by molar-refractivity contribution is 5.84. The van der Waals surface area contributed by atoms with Crippen molar-refractivity contribution in [2.75, 3.05) is 33.3 Å². The van der Waals surface area contributed by atoms with Gasteiger partial charge in [-0.25, -0.2) is 9.59 Å². The van der Waals surface area contributed by atoms with Gasteiger partial charge in [-0.3, -0.25) is 9.59 Å². The van der Waals surface area contributed by atoms with Gasteiger partial charge in [0.1, 0.15) is 11.6 Å². The van der Waals surface area contributed by atoms with Gasteiger partial charge < -0.3 is 24.6 Å². The predicted molar refractivity (Wildman–Crippen MR) is 119 cm³/mol. The number of carbonyl (C=O) groups excluding carboxylic acids is 4. The molecule has 182 valence electrons. The molecule has 0 aromatic heterocycles. The first-order valence-electron chi connectivity index (χ1n) is 11.6. The van der Waals surface area contributed by atoms with Crippen LogP contribution in [-0.2, 0) is 23.9 Å². The molecule has 2 heterocycles. The third kappa shape index (κ3) is 8.31. The number of hydrogen-bond donors (Lipinski definition) is 1. The number of nitrogens with zero attached hydrogens (tertiary/aromatic N) is 2. The first kappa shape index (κ1) is 25.9. The van der Waals surface area contributed by atoms with E-state index in [1.807, 2.05) is 25.7 Å². The largest absolute Gasteiger partial charge is 0.467 e. The lowest BCUT2D eigenvalue weighted by molar-refractivity contribution is -0.144. The van der Waals surface area contributed by atoms with E-state index < -0.39 is 17.6 Å². The molecule has 0 spiro atoms. The summed E-state index contributed by atoms with van der Waals surface area (Å²) in [4.78, 5) is 52.4. The Bertz CT molecular complexity index is 682. The lowest BCUT2D eigenvalue weighted by Crippen LogP contribution is -2.45. The summed E-state index contributed by atoms with van der Waals surface area (Å²) in [5.74, 6) is -0.209. The molecule has 0 radical (unpaired) electrons. The summed E-state index contributed by atoms with van der Waals surface area (Å²) in [6.45, 7) is 9.64. The number of ether oxygens (including phenoxy) is 2. The Morgan fingerprint density at radius 2 is 1.62 bits per heavy atom. The van der Waals surface area contributed by atoms with Crippen LogP contribution in [0.25, 0.3) is 0 Å². The van der Waals surface area contributed by atoms with Crippen LogP contribution >= 0.6 is 0 Å². The van der Waals surface area contributed by atoms with E-state index in [9.17, 15) is 19.2 Å². The molecule has 2 atom stereocenters. The summed E-state index contributed by atoms with van der Waals surface area (Å²) in [7, 11) is 1.29. The number of nitrogens with one attached hydrogen (secondary N) is 1. The van der Waals surface area contributed by atoms with Crippen LogP contribution in [0.1, 0.15) is 66.2 Å². The smallest absolute Gasteiger partial charge is 0.410 e. The minimum Gasteiger partial charge on any atom is -0.467 e. The molecule has 1 unspecified atom stereocenters. The van der Waals surface area contributed by atoms with Crippen molar-refractivity contribution in [1.82, 2.24) is 15.1 Å². The lowest BCUT2D eigenvalue weighted by atomic mass is 9.91. The van der Waals surface area contributed by atoms with Crippen molar-refractivity contribution >= 4 is 23.9 Å². The first-order valence-corrected chi connectivity index (χ1v) is 11.6. The van der Waals surface area contributed by atoms with Crippen molar-refractivity contribution in [3.63, 3.8) is 0 Å². The van der Waals surface area contributed by atoms with Gasteiger partial charge in [-0.15, -0.1) is 0 Å². The van der Waals surface area contributed by atoms with Gasteiger partial charge in [0.2, 0.25) is 11.8 Å². The predicted octanol–water partition coefficient (Wildman–Crippen LogP) is 2.33. The Morgan fingerprint density at radius 1 is 0.969 bits per heavy atom. The summed E-state index contributed by atoms with van der Waals surface area (Å²) in [5.41, 5.74) is -0.511. The Kier molecular flexibility index (Phi) is 9.33. The maximum atomic E-state index is 12.9. The van der Waals surface area contributed by atoms with Crippen molar-refractivity contribution in [3.05, 3.63) is 0 Å². The third-order valence-electron chi connectivity index (χ3n) is 6.01. The fraction of sp³-hybridized carbons (Fsp3) is 0.826. The second kappa shape index (κ2) is 11.5. The van der Waals surface area contributed by atoms with E-state index in [-0.39, 0.29) is 29.7 Å². The topological polar surface area (TPSA) is 105 Å². The average Bonchev–Trinajstić information content (AvgIpc) is 2.72. The van der Waals surface area contributed by atoms with Gasteiger partial charge in [0.15, 0.2) is 0 Å². The number of amides is 3. The Hall–Kier alpha value is -2.32. The van der Waals surface area contributed by atoms with E-state index in [2.05, 4.69) is 10.1 Å². The van der Waals surface area contributed by atoms with Gasteiger partial charge in [-0.05, 0) is 65.2 Å². The van der Waals surface area contributed by atoms with E-state index in [1.54, 1.807) is 11.8 Å². The normalized spacial score (nSPS) is 21.0. The zero-order valence-corrected chi connectivity index (χ0v) is 20.1. The minimum atomic E-state index is -0.680. The van der Waals surface area contributed by atoms with E-state index in [0.717, 1.165) is 25.7 Å². The van der Waals surface area contributed by atoms with Crippen LogP contribution < -0.4 is 5.32 Å². The van der Waals surface area contributed by atoms with Crippen LogP contribution in [-0.4, -0.2) is 78.6 Å². The van der Waals surface area contributed by atoms with Crippen LogP contribution in [0.5, 0.6) is 0 Å². The number of likely N-dealkylation sites (tertiary alicyclic amines) is 2. The summed E-state index contributed by atoms with van der Waals surface area (Å²) in [6, 6.07) is -0.680. The van der Waals surface area contributed by atoms with Gasteiger partial charge >= 0.3 is 12.1 Å². The summed E-state index contributed by atoms with van der Waals surface area (Å²) in [5, 5.41) is 2.66. The SMILES string of the molecule is COC(=O)[C@H](C)NC(=O)CC1CCCN(C(=O)CC2CCN(C(=O)OC(C)(C)C)CC2)C1. The Balaban J connectivity index is 1.75. The van der Waals surface area contributed by atoms with Crippen LogP contribution in [0.2, 0.25) is 0 Å². The summed E-state index contributed by atoms with van der Waals surface area (Å²) in [6.07, 6.45) is 3.80. The Morgan fingerprint density at radius 3 is 2.22 bits per heavy atom. The van der Waals surface area contributed by atoms with Crippen LogP contribution in [0.15, 0.2) is 0 Å². The van der Waals surface area contributed by atoms with Crippen LogP contribution in [0.4, 0.5) is 4.79 Å². The molecule has 0 aromatic carbocycles. The average molecular weight is 454 g/mol. The minimum absolute atomic E-state index is 0.0894. The molecule has 0 bridgehead atoms. The number of methoxy groups -OCH3 is 1. The molecule has 2 aliphatic rings. The molecule has 0 aliphatic carbocycles. The fourth-order valence-electron chi connectivity index (χ4n) is 4.28. The molecule has 9 nitrogen and oxygen atoms in total. The fourth-order valence-corrected chi connectivity index (χ4v) is 4.28. The first-order chi connectivity index (χ1) is 15.0. The van der Waals surface area contributed by atoms with Crippen molar-refractivity contribution in [2.24, 2.45) is 11.8 Å². The van der Waals surface area contributed by atoms with Gasteiger partial charge in [-0.1, -0.05) is 0 Å². The van der Waals surface area contributed by atoms with Gasteiger partial charge in [-0.2, -0.15) is 0 Å². The molecule has 2 rings (SSSR count). The van der Waals surface area contributed by atoms with Crippen molar-refractivity contribution < 1.29 is 28.7 Å². The van der Waals surface area contributed by atoms with Crippen LogP contribution in [0.3, 0.4) is 0 Å². The number of rotatable bonds is 6. The molecule has 2 aliphatic heterocycles. The lowest BCUT2D eigenvalue weighted by Gasteiger charge is -2.36. The highest BCUT2D eigenvalue weighted by Crippen LogP contribution is 2.25. The third-order valence-corrected chi connectivity index (χ3v) is 6.01. The van der Waals surface area contributed by atoms with Gasteiger partial charge in [0.25, 0.3) is 0 Å². The van der Waals surface area contributed by atoms with E-state index in [0.29, 0.717) is 39.0 Å². The number of carbonyl (C=O) groups is 4. The molecule has 0 aromatic rings.